The van der Waals surface area contributed by atoms with Crippen LogP contribution in [0.25, 0.3) is 5.69 Å². The van der Waals surface area contributed by atoms with Crippen LogP contribution in [0.4, 0.5) is 5.82 Å². The Morgan fingerprint density at radius 1 is 1.42 bits per heavy atom. The first kappa shape index (κ1) is 10.9. The van der Waals surface area contributed by atoms with Crippen LogP contribution in [0.2, 0.25) is 0 Å². The number of hydrogen-bond donors (Lipinski definition) is 0. The molecular weight excluding hydrogens is 244 g/mol. The maximum Gasteiger partial charge on any atom is 0.157 e. The molecule has 1 fully saturated rings. The average molecular weight is 258 g/mol. The molecule has 2 aromatic rings. The highest BCUT2D eigenvalue weighted by Crippen LogP contribution is 2.32. The minimum atomic E-state index is 0.360. The van der Waals surface area contributed by atoms with E-state index in [9.17, 15) is 0 Å². The summed E-state index contributed by atoms with van der Waals surface area (Å²) in [6.45, 7) is 4.19. The number of aromatic nitrogens is 5. The normalized spacial score (nSPS) is 21.3. The molecule has 0 amide bonds. The zero-order valence-corrected chi connectivity index (χ0v) is 10.7. The summed E-state index contributed by atoms with van der Waals surface area (Å²) < 4.78 is 7.46. The molecule has 1 atom stereocenters. The van der Waals surface area contributed by atoms with Crippen molar-refractivity contribution in [1.29, 1.82) is 0 Å². The van der Waals surface area contributed by atoms with E-state index in [0.717, 1.165) is 49.3 Å². The highest BCUT2D eigenvalue weighted by Gasteiger charge is 2.32. The highest BCUT2D eigenvalue weighted by molar-refractivity contribution is 5.60. The Bertz CT molecular complexity index is 618. The second-order valence-electron chi connectivity index (χ2n) is 4.89. The van der Waals surface area contributed by atoms with Crippen molar-refractivity contribution in [2.24, 2.45) is 0 Å². The first-order chi connectivity index (χ1) is 9.33. The molecule has 7 heteroatoms. The quantitative estimate of drug-likeness (QED) is 0.741. The largest absolute Gasteiger partial charge is 0.379 e. The molecule has 1 saturated heterocycles. The van der Waals surface area contributed by atoms with Gasteiger partial charge in [0, 0.05) is 6.61 Å². The van der Waals surface area contributed by atoms with Crippen LogP contribution < -0.4 is 4.90 Å². The molecule has 2 aromatic heterocycles. The number of aryl methyl sites for hydroxylation is 1. The van der Waals surface area contributed by atoms with Gasteiger partial charge in [0.25, 0.3) is 0 Å². The third-order valence-electron chi connectivity index (χ3n) is 3.68. The summed E-state index contributed by atoms with van der Waals surface area (Å²) in [6.07, 6.45) is 4.58. The Hall–Kier alpha value is -2.02. The standard InChI is InChI=1S/C12H14N6O/c1-8-13-4-10-12(15-8)17(9-2-3-19-6-9)5-11-16-14-7-18(10)11/h4,7,9H,2-3,5-6H2,1H3. The van der Waals surface area contributed by atoms with E-state index in [2.05, 4.69) is 25.1 Å². The molecule has 0 spiro atoms. The third kappa shape index (κ3) is 1.61. The van der Waals surface area contributed by atoms with Crippen molar-refractivity contribution in [2.45, 2.75) is 25.9 Å². The van der Waals surface area contributed by atoms with Gasteiger partial charge in [-0.2, -0.15) is 0 Å². The molecule has 7 nitrogen and oxygen atoms in total. The molecule has 1 unspecified atom stereocenters. The zero-order chi connectivity index (χ0) is 12.8. The van der Waals surface area contributed by atoms with E-state index in [1.165, 1.54) is 0 Å². The van der Waals surface area contributed by atoms with Crippen LogP contribution in [-0.4, -0.2) is 44.0 Å². The monoisotopic (exact) mass is 258 g/mol. The van der Waals surface area contributed by atoms with Gasteiger partial charge in [0.05, 0.1) is 25.4 Å². The van der Waals surface area contributed by atoms with Gasteiger partial charge in [0.1, 0.15) is 17.8 Å². The van der Waals surface area contributed by atoms with Crippen molar-refractivity contribution < 1.29 is 4.74 Å². The van der Waals surface area contributed by atoms with Gasteiger partial charge in [-0.05, 0) is 13.3 Å². The molecule has 19 heavy (non-hydrogen) atoms. The summed E-state index contributed by atoms with van der Waals surface area (Å²) >= 11 is 0. The van der Waals surface area contributed by atoms with Gasteiger partial charge in [-0.1, -0.05) is 0 Å². The van der Waals surface area contributed by atoms with E-state index in [-0.39, 0.29) is 0 Å². The van der Waals surface area contributed by atoms with Crippen LogP contribution in [0.5, 0.6) is 0 Å². The van der Waals surface area contributed by atoms with Crippen LogP contribution in [-0.2, 0) is 11.3 Å². The lowest BCUT2D eigenvalue weighted by molar-refractivity contribution is 0.192. The molecule has 0 bridgehead atoms. The van der Waals surface area contributed by atoms with Gasteiger partial charge in [0.15, 0.2) is 11.6 Å². The van der Waals surface area contributed by atoms with Crippen molar-refractivity contribution in [2.75, 3.05) is 18.1 Å². The molecule has 0 N–H and O–H groups in total. The molecule has 0 radical (unpaired) electrons. The number of rotatable bonds is 1. The van der Waals surface area contributed by atoms with E-state index in [1.54, 1.807) is 6.33 Å². The van der Waals surface area contributed by atoms with E-state index < -0.39 is 0 Å². The highest BCUT2D eigenvalue weighted by atomic mass is 16.5. The lowest BCUT2D eigenvalue weighted by atomic mass is 10.2. The van der Waals surface area contributed by atoms with Crippen molar-refractivity contribution in [3.8, 4) is 5.69 Å². The summed E-state index contributed by atoms with van der Waals surface area (Å²) in [4.78, 5) is 11.2. The third-order valence-corrected chi connectivity index (χ3v) is 3.68. The Morgan fingerprint density at radius 3 is 3.21 bits per heavy atom. The number of nitrogens with zero attached hydrogens (tertiary/aromatic N) is 6. The summed E-state index contributed by atoms with van der Waals surface area (Å²) in [5.74, 6) is 2.65. The first-order valence-corrected chi connectivity index (χ1v) is 6.40. The van der Waals surface area contributed by atoms with E-state index >= 15 is 0 Å². The van der Waals surface area contributed by atoms with Crippen LogP contribution in [0.15, 0.2) is 12.5 Å². The maximum atomic E-state index is 5.50. The van der Waals surface area contributed by atoms with Crippen molar-refractivity contribution >= 4 is 5.82 Å². The summed E-state index contributed by atoms with van der Waals surface area (Å²) in [7, 11) is 0. The van der Waals surface area contributed by atoms with E-state index in [4.69, 9.17) is 4.74 Å². The predicted molar refractivity (Wildman–Crippen MR) is 67.1 cm³/mol. The second kappa shape index (κ2) is 3.99. The fraction of sp³-hybridized carbons (Fsp3) is 0.500. The molecule has 98 valence electrons. The van der Waals surface area contributed by atoms with E-state index in [1.807, 2.05) is 17.7 Å². The van der Waals surface area contributed by atoms with Gasteiger partial charge >= 0.3 is 0 Å². The Balaban J connectivity index is 1.86. The molecule has 4 heterocycles. The minimum absolute atomic E-state index is 0.360. The van der Waals surface area contributed by atoms with Crippen LogP contribution >= 0.6 is 0 Å². The van der Waals surface area contributed by atoms with Gasteiger partial charge in [-0.15, -0.1) is 10.2 Å². The lowest BCUT2D eigenvalue weighted by Crippen LogP contribution is -2.40. The number of hydrogen-bond acceptors (Lipinski definition) is 6. The molecule has 0 saturated carbocycles. The maximum absolute atomic E-state index is 5.50. The summed E-state index contributed by atoms with van der Waals surface area (Å²) in [5, 5.41) is 8.16. The smallest absolute Gasteiger partial charge is 0.157 e. The Labute approximate surface area is 110 Å². The number of ether oxygens (including phenoxy) is 1. The van der Waals surface area contributed by atoms with Gasteiger partial charge in [-0.3, -0.25) is 4.57 Å². The Morgan fingerprint density at radius 2 is 2.37 bits per heavy atom. The molecular formula is C12H14N6O. The predicted octanol–water partition coefficient (Wildman–Crippen LogP) is 0.475. The molecule has 0 aromatic carbocycles. The fourth-order valence-corrected chi connectivity index (χ4v) is 2.70. The fourth-order valence-electron chi connectivity index (χ4n) is 2.70. The van der Waals surface area contributed by atoms with Gasteiger partial charge in [-0.25, -0.2) is 9.97 Å². The Kier molecular flexibility index (Phi) is 2.28. The van der Waals surface area contributed by atoms with E-state index in [0.29, 0.717) is 6.04 Å². The number of anilines is 1. The second-order valence-corrected chi connectivity index (χ2v) is 4.89. The topological polar surface area (TPSA) is 69.0 Å². The van der Waals surface area contributed by atoms with Crippen molar-refractivity contribution in [3.63, 3.8) is 0 Å². The SMILES string of the molecule is Cc1ncc2c(n1)N(C1CCOC1)Cc1nncn1-2. The minimum Gasteiger partial charge on any atom is -0.379 e. The van der Waals surface area contributed by atoms with Gasteiger partial charge < -0.3 is 9.64 Å². The molecule has 0 aliphatic carbocycles. The average Bonchev–Trinajstić information content (AvgIpc) is 3.08. The van der Waals surface area contributed by atoms with Crippen LogP contribution in [0.1, 0.15) is 18.1 Å². The molecule has 2 aliphatic rings. The van der Waals surface area contributed by atoms with Crippen molar-refractivity contribution in [1.82, 2.24) is 24.7 Å². The zero-order valence-electron chi connectivity index (χ0n) is 10.7. The van der Waals surface area contributed by atoms with Crippen LogP contribution in [0, 0.1) is 6.92 Å². The first-order valence-electron chi connectivity index (χ1n) is 6.40. The molecule has 4 rings (SSSR count). The van der Waals surface area contributed by atoms with Crippen LogP contribution in [0.3, 0.4) is 0 Å². The summed E-state index contributed by atoms with van der Waals surface area (Å²) in [6, 6.07) is 0.360. The molecule has 2 aliphatic heterocycles. The van der Waals surface area contributed by atoms with Gasteiger partial charge in [0.2, 0.25) is 0 Å². The number of fused-ring (bicyclic) bond motifs is 3. The lowest BCUT2D eigenvalue weighted by Gasteiger charge is -2.33. The summed E-state index contributed by atoms with van der Waals surface area (Å²) in [5.41, 5.74) is 0.948. The van der Waals surface area contributed by atoms with Crippen molar-refractivity contribution in [3.05, 3.63) is 24.2 Å².